The fourth-order valence-electron chi connectivity index (χ4n) is 0.941. The predicted octanol–water partition coefficient (Wildman–Crippen LogP) is 2.36. The first-order valence-corrected chi connectivity index (χ1v) is 4.15. The minimum atomic E-state index is 0.473. The predicted molar refractivity (Wildman–Crippen MR) is 55.0 cm³/mol. The van der Waals surface area contributed by atoms with Crippen molar-refractivity contribution in [3.63, 3.8) is 0 Å². The van der Waals surface area contributed by atoms with Gasteiger partial charge in [-0.1, -0.05) is 11.6 Å². The number of aliphatic imine (C=N–C) groups is 1. The van der Waals surface area contributed by atoms with Crippen molar-refractivity contribution >= 4 is 23.1 Å². The molecule has 0 amide bonds. The molecule has 0 bridgehead atoms. The Balaban J connectivity index is 3.16. The summed E-state index contributed by atoms with van der Waals surface area (Å²) in [4.78, 5) is 4.08. The number of hydrogen-bond donors (Lipinski definition) is 1. The molecule has 0 aliphatic heterocycles. The molecule has 0 aliphatic carbocycles. The fourth-order valence-corrected chi connectivity index (χ4v) is 1.11. The van der Waals surface area contributed by atoms with Gasteiger partial charge in [-0.25, -0.2) is 4.99 Å². The maximum absolute atomic E-state index is 5.79. The molecule has 1 rings (SSSR count). The third kappa shape index (κ3) is 2.63. The Kier molecular flexibility index (Phi) is 3.14. The SMILES string of the molecule is COc1ccc(Cl)cc1N=C(C)N. The van der Waals surface area contributed by atoms with Gasteiger partial charge in [0, 0.05) is 5.02 Å². The van der Waals surface area contributed by atoms with Crippen molar-refractivity contribution in [3.8, 4) is 5.75 Å². The molecule has 0 fully saturated rings. The zero-order valence-electron chi connectivity index (χ0n) is 7.54. The Hall–Kier alpha value is -1.22. The number of halogens is 1. The highest BCUT2D eigenvalue weighted by molar-refractivity contribution is 6.30. The van der Waals surface area contributed by atoms with E-state index in [1.807, 2.05) is 0 Å². The van der Waals surface area contributed by atoms with E-state index in [0.29, 0.717) is 22.3 Å². The molecule has 0 saturated carbocycles. The van der Waals surface area contributed by atoms with Gasteiger partial charge in [-0.05, 0) is 25.1 Å². The van der Waals surface area contributed by atoms with Crippen LogP contribution in [0.1, 0.15) is 6.92 Å². The van der Waals surface area contributed by atoms with Crippen LogP contribution >= 0.6 is 11.6 Å². The number of hydrogen-bond acceptors (Lipinski definition) is 2. The van der Waals surface area contributed by atoms with E-state index in [0.717, 1.165) is 0 Å². The van der Waals surface area contributed by atoms with Crippen LogP contribution in [0.15, 0.2) is 23.2 Å². The number of amidine groups is 1. The Bertz CT molecular complexity index is 332. The molecule has 0 saturated heterocycles. The lowest BCUT2D eigenvalue weighted by Crippen LogP contribution is -2.04. The van der Waals surface area contributed by atoms with E-state index in [-0.39, 0.29) is 0 Å². The smallest absolute Gasteiger partial charge is 0.144 e. The van der Waals surface area contributed by atoms with Gasteiger partial charge < -0.3 is 10.5 Å². The highest BCUT2D eigenvalue weighted by atomic mass is 35.5. The first kappa shape index (κ1) is 9.86. The van der Waals surface area contributed by atoms with Gasteiger partial charge in [-0.2, -0.15) is 0 Å². The Labute approximate surface area is 82.2 Å². The van der Waals surface area contributed by atoms with Crippen LogP contribution in [0.5, 0.6) is 5.75 Å². The van der Waals surface area contributed by atoms with Crippen LogP contribution in [-0.4, -0.2) is 12.9 Å². The van der Waals surface area contributed by atoms with Crippen LogP contribution in [0.25, 0.3) is 0 Å². The van der Waals surface area contributed by atoms with Gasteiger partial charge in [-0.15, -0.1) is 0 Å². The van der Waals surface area contributed by atoms with Crippen LogP contribution < -0.4 is 10.5 Å². The largest absolute Gasteiger partial charge is 0.494 e. The minimum Gasteiger partial charge on any atom is -0.494 e. The van der Waals surface area contributed by atoms with Crippen molar-refractivity contribution in [2.75, 3.05) is 7.11 Å². The van der Waals surface area contributed by atoms with Crippen molar-refractivity contribution < 1.29 is 4.74 Å². The van der Waals surface area contributed by atoms with Crippen molar-refractivity contribution in [2.24, 2.45) is 10.7 Å². The number of benzene rings is 1. The van der Waals surface area contributed by atoms with E-state index in [1.165, 1.54) is 0 Å². The molecule has 0 unspecified atom stereocenters. The molecule has 4 heteroatoms. The van der Waals surface area contributed by atoms with Crippen molar-refractivity contribution in [1.82, 2.24) is 0 Å². The quantitative estimate of drug-likeness (QED) is 0.586. The minimum absolute atomic E-state index is 0.473. The average Bonchev–Trinajstić information content (AvgIpc) is 2.03. The van der Waals surface area contributed by atoms with E-state index < -0.39 is 0 Å². The summed E-state index contributed by atoms with van der Waals surface area (Å²) in [6.07, 6.45) is 0. The molecule has 0 aromatic heterocycles. The molecule has 70 valence electrons. The van der Waals surface area contributed by atoms with Crippen molar-refractivity contribution in [2.45, 2.75) is 6.92 Å². The van der Waals surface area contributed by atoms with E-state index in [9.17, 15) is 0 Å². The van der Waals surface area contributed by atoms with Gasteiger partial charge in [0.2, 0.25) is 0 Å². The summed E-state index contributed by atoms with van der Waals surface area (Å²) in [6.45, 7) is 1.71. The van der Waals surface area contributed by atoms with Gasteiger partial charge in [-0.3, -0.25) is 0 Å². The van der Waals surface area contributed by atoms with E-state index in [2.05, 4.69) is 4.99 Å². The Morgan fingerprint density at radius 3 is 2.77 bits per heavy atom. The number of nitrogens with two attached hydrogens (primary N) is 1. The summed E-state index contributed by atoms with van der Waals surface area (Å²) in [5.74, 6) is 1.13. The molecule has 0 spiro atoms. The zero-order chi connectivity index (χ0) is 9.84. The van der Waals surface area contributed by atoms with Crippen LogP contribution in [0.3, 0.4) is 0 Å². The molecule has 3 nitrogen and oxygen atoms in total. The average molecular weight is 199 g/mol. The number of rotatable bonds is 2. The summed E-state index contributed by atoms with van der Waals surface area (Å²) < 4.78 is 5.08. The number of methoxy groups -OCH3 is 1. The normalized spacial score (nSPS) is 11.5. The second-order valence-electron chi connectivity index (χ2n) is 2.57. The van der Waals surface area contributed by atoms with Crippen LogP contribution in [-0.2, 0) is 0 Å². The lowest BCUT2D eigenvalue weighted by Gasteiger charge is -2.04. The van der Waals surface area contributed by atoms with Gasteiger partial charge in [0.15, 0.2) is 0 Å². The summed E-state index contributed by atoms with van der Waals surface area (Å²) in [7, 11) is 1.58. The van der Waals surface area contributed by atoms with Gasteiger partial charge >= 0.3 is 0 Å². The fraction of sp³-hybridized carbons (Fsp3) is 0.222. The summed E-state index contributed by atoms with van der Waals surface area (Å²) in [6, 6.07) is 5.20. The molecule has 0 atom stereocenters. The number of ether oxygens (including phenoxy) is 1. The summed E-state index contributed by atoms with van der Waals surface area (Å²) in [5, 5.41) is 0.612. The Morgan fingerprint density at radius 2 is 2.23 bits per heavy atom. The molecule has 1 aromatic carbocycles. The van der Waals surface area contributed by atoms with E-state index in [4.69, 9.17) is 22.1 Å². The van der Waals surface area contributed by atoms with Gasteiger partial charge in [0.1, 0.15) is 11.4 Å². The molecular formula is C9H11ClN2O. The van der Waals surface area contributed by atoms with Crippen LogP contribution in [0, 0.1) is 0 Å². The monoisotopic (exact) mass is 198 g/mol. The summed E-state index contributed by atoms with van der Waals surface area (Å²) in [5.41, 5.74) is 6.10. The highest BCUT2D eigenvalue weighted by Crippen LogP contribution is 2.30. The van der Waals surface area contributed by atoms with E-state index >= 15 is 0 Å². The molecule has 1 aromatic rings. The first-order valence-electron chi connectivity index (χ1n) is 3.78. The summed E-state index contributed by atoms with van der Waals surface area (Å²) >= 11 is 5.79. The van der Waals surface area contributed by atoms with Gasteiger partial charge in [0.25, 0.3) is 0 Å². The maximum atomic E-state index is 5.79. The van der Waals surface area contributed by atoms with Crippen molar-refractivity contribution in [3.05, 3.63) is 23.2 Å². The molecule has 2 N–H and O–H groups in total. The molecular weight excluding hydrogens is 188 g/mol. The standard InChI is InChI=1S/C9H11ClN2O/c1-6(11)12-8-5-7(10)3-4-9(8)13-2/h3-5H,1-2H3,(H2,11,12). The second kappa shape index (κ2) is 4.14. The third-order valence-corrected chi connectivity index (χ3v) is 1.67. The second-order valence-corrected chi connectivity index (χ2v) is 3.01. The van der Waals surface area contributed by atoms with Crippen molar-refractivity contribution in [1.29, 1.82) is 0 Å². The molecule has 0 heterocycles. The number of nitrogens with zero attached hydrogens (tertiary/aromatic N) is 1. The van der Waals surface area contributed by atoms with E-state index in [1.54, 1.807) is 32.2 Å². The molecule has 0 radical (unpaired) electrons. The van der Waals surface area contributed by atoms with Crippen LogP contribution in [0.2, 0.25) is 5.02 Å². The van der Waals surface area contributed by atoms with Gasteiger partial charge in [0.05, 0.1) is 12.9 Å². The molecule has 13 heavy (non-hydrogen) atoms. The lowest BCUT2D eigenvalue weighted by atomic mass is 10.3. The third-order valence-electron chi connectivity index (χ3n) is 1.44. The topological polar surface area (TPSA) is 47.6 Å². The maximum Gasteiger partial charge on any atom is 0.144 e. The van der Waals surface area contributed by atoms with Crippen LogP contribution in [0.4, 0.5) is 5.69 Å². The highest BCUT2D eigenvalue weighted by Gasteiger charge is 2.01. The first-order chi connectivity index (χ1) is 6.13. The lowest BCUT2D eigenvalue weighted by molar-refractivity contribution is 0.416. The Morgan fingerprint density at radius 1 is 1.54 bits per heavy atom. The zero-order valence-corrected chi connectivity index (χ0v) is 8.30. The molecule has 0 aliphatic rings.